The second kappa shape index (κ2) is 8.50. The molecular weight excluding hydrogens is 385 g/mol. The van der Waals surface area contributed by atoms with Gasteiger partial charge in [-0.2, -0.15) is 13.2 Å². The smallest absolute Gasteiger partial charge is 0.422 e. The number of alkyl halides is 3. The fraction of sp³-hybridized carbons (Fsp3) is 0.350. The summed E-state index contributed by atoms with van der Waals surface area (Å²) in [6, 6.07) is 5.00. The van der Waals surface area contributed by atoms with Crippen LogP contribution in [0.4, 0.5) is 13.2 Å². The van der Waals surface area contributed by atoms with Gasteiger partial charge in [0.25, 0.3) is 5.91 Å². The van der Waals surface area contributed by atoms with Gasteiger partial charge < -0.3 is 14.6 Å². The molecule has 3 aromatic rings. The van der Waals surface area contributed by atoms with Crippen molar-refractivity contribution in [3.05, 3.63) is 53.6 Å². The third kappa shape index (κ3) is 4.85. The van der Waals surface area contributed by atoms with Crippen molar-refractivity contribution >= 4 is 16.9 Å². The number of aromatic nitrogens is 3. The van der Waals surface area contributed by atoms with Gasteiger partial charge in [0.1, 0.15) is 11.3 Å². The zero-order chi connectivity index (χ0) is 21.0. The maximum atomic E-state index is 12.5. The van der Waals surface area contributed by atoms with Gasteiger partial charge in [-0.05, 0) is 31.5 Å². The molecule has 0 saturated carbocycles. The standard InChI is InChI=1S/C20H21F3N4O2/c1-3-7-26-19(28)14-10-27(16-5-4-8-25-18(14)16)11-15-13(2)17(6-9-24-15)29-12-20(21,22)23/h4-6,8-10H,3,7,11-12H2,1-2H3,(H,26,28). The average molecular weight is 406 g/mol. The van der Waals surface area contributed by atoms with Gasteiger partial charge in [-0.15, -0.1) is 0 Å². The van der Waals surface area contributed by atoms with E-state index in [1.807, 2.05) is 17.6 Å². The summed E-state index contributed by atoms with van der Waals surface area (Å²) >= 11 is 0. The lowest BCUT2D eigenvalue weighted by atomic mass is 10.2. The molecule has 3 rings (SSSR count). The van der Waals surface area contributed by atoms with E-state index in [1.165, 1.54) is 12.3 Å². The van der Waals surface area contributed by atoms with Crippen molar-refractivity contribution in [2.24, 2.45) is 0 Å². The first-order valence-electron chi connectivity index (χ1n) is 9.16. The predicted octanol–water partition coefficient (Wildman–Crippen LogP) is 3.87. The number of fused-ring (bicyclic) bond motifs is 1. The number of rotatable bonds is 7. The monoisotopic (exact) mass is 406 g/mol. The zero-order valence-corrected chi connectivity index (χ0v) is 16.1. The number of nitrogens with zero attached hydrogens (tertiary/aromatic N) is 3. The summed E-state index contributed by atoms with van der Waals surface area (Å²) in [7, 11) is 0. The third-order valence-corrected chi connectivity index (χ3v) is 4.39. The summed E-state index contributed by atoms with van der Waals surface area (Å²) in [5.74, 6) is -0.0935. The van der Waals surface area contributed by atoms with Crippen LogP contribution in [-0.2, 0) is 6.54 Å². The largest absolute Gasteiger partial charge is 0.484 e. The first-order chi connectivity index (χ1) is 13.8. The van der Waals surface area contributed by atoms with Crippen LogP contribution in [0.25, 0.3) is 11.0 Å². The van der Waals surface area contributed by atoms with E-state index in [0.29, 0.717) is 28.9 Å². The normalized spacial score (nSPS) is 11.6. The molecule has 0 saturated heterocycles. The number of hydrogen-bond donors (Lipinski definition) is 1. The molecule has 0 aromatic carbocycles. The molecule has 3 heterocycles. The number of amides is 1. The molecule has 3 aromatic heterocycles. The SMILES string of the molecule is CCCNC(=O)c1cn(Cc2nccc(OCC(F)(F)F)c2C)c2cccnc12. The lowest BCUT2D eigenvalue weighted by Gasteiger charge is -2.14. The van der Waals surface area contributed by atoms with Crippen LogP contribution in [0.5, 0.6) is 5.75 Å². The van der Waals surface area contributed by atoms with Gasteiger partial charge in [0.2, 0.25) is 0 Å². The Morgan fingerprint density at radius 3 is 2.76 bits per heavy atom. The Hall–Kier alpha value is -3.10. The van der Waals surface area contributed by atoms with Crippen LogP contribution in [0.15, 0.2) is 36.8 Å². The number of ether oxygens (including phenoxy) is 1. The Morgan fingerprint density at radius 1 is 1.24 bits per heavy atom. The first kappa shape index (κ1) is 20.6. The average Bonchev–Trinajstić information content (AvgIpc) is 3.05. The van der Waals surface area contributed by atoms with E-state index in [0.717, 1.165) is 11.9 Å². The summed E-state index contributed by atoms with van der Waals surface area (Å²) in [6.45, 7) is 3.07. The molecule has 9 heteroatoms. The highest BCUT2D eigenvalue weighted by Gasteiger charge is 2.29. The van der Waals surface area contributed by atoms with E-state index in [-0.39, 0.29) is 18.2 Å². The van der Waals surface area contributed by atoms with Gasteiger partial charge in [0, 0.05) is 30.7 Å². The fourth-order valence-electron chi connectivity index (χ4n) is 2.95. The van der Waals surface area contributed by atoms with Gasteiger partial charge in [-0.25, -0.2) is 0 Å². The molecule has 0 aliphatic rings. The molecule has 6 nitrogen and oxygen atoms in total. The zero-order valence-electron chi connectivity index (χ0n) is 16.1. The summed E-state index contributed by atoms with van der Waals surface area (Å²) < 4.78 is 44.1. The van der Waals surface area contributed by atoms with E-state index in [4.69, 9.17) is 4.74 Å². The lowest BCUT2D eigenvalue weighted by Crippen LogP contribution is -2.23. The Bertz CT molecular complexity index is 1010. The molecule has 154 valence electrons. The van der Waals surface area contributed by atoms with Gasteiger partial charge in [0.05, 0.1) is 23.3 Å². The quantitative estimate of drug-likeness (QED) is 0.647. The van der Waals surface area contributed by atoms with Gasteiger partial charge in [-0.3, -0.25) is 14.8 Å². The number of carbonyl (C=O) groups excluding carboxylic acids is 1. The molecule has 0 bridgehead atoms. The van der Waals surface area contributed by atoms with Crippen LogP contribution < -0.4 is 10.1 Å². The summed E-state index contributed by atoms with van der Waals surface area (Å²) in [5.41, 5.74) is 2.79. The Labute approximate surface area is 165 Å². The van der Waals surface area contributed by atoms with Crippen LogP contribution >= 0.6 is 0 Å². The van der Waals surface area contributed by atoms with E-state index in [1.54, 1.807) is 25.4 Å². The topological polar surface area (TPSA) is 69.0 Å². The van der Waals surface area contributed by atoms with E-state index < -0.39 is 12.8 Å². The van der Waals surface area contributed by atoms with Crippen molar-refractivity contribution in [2.75, 3.05) is 13.2 Å². The molecule has 1 amide bonds. The van der Waals surface area contributed by atoms with Crippen LogP contribution in [0.3, 0.4) is 0 Å². The Morgan fingerprint density at radius 2 is 2.03 bits per heavy atom. The Balaban J connectivity index is 1.92. The van der Waals surface area contributed by atoms with Crippen molar-refractivity contribution in [2.45, 2.75) is 33.0 Å². The van der Waals surface area contributed by atoms with Crippen LogP contribution in [0, 0.1) is 6.92 Å². The van der Waals surface area contributed by atoms with Gasteiger partial charge in [0.15, 0.2) is 6.61 Å². The van der Waals surface area contributed by atoms with E-state index in [9.17, 15) is 18.0 Å². The highest BCUT2D eigenvalue weighted by atomic mass is 19.4. The minimum atomic E-state index is -4.42. The predicted molar refractivity (Wildman–Crippen MR) is 102 cm³/mol. The van der Waals surface area contributed by atoms with Crippen molar-refractivity contribution in [1.29, 1.82) is 0 Å². The second-order valence-corrected chi connectivity index (χ2v) is 6.58. The van der Waals surface area contributed by atoms with Gasteiger partial charge >= 0.3 is 6.18 Å². The third-order valence-electron chi connectivity index (χ3n) is 4.39. The first-order valence-corrected chi connectivity index (χ1v) is 9.16. The van der Waals surface area contributed by atoms with Crippen LogP contribution in [-0.4, -0.2) is 39.8 Å². The molecule has 1 N–H and O–H groups in total. The fourth-order valence-corrected chi connectivity index (χ4v) is 2.95. The lowest BCUT2D eigenvalue weighted by molar-refractivity contribution is -0.153. The number of hydrogen-bond acceptors (Lipinski definition) is 4. The minimum Gasteiger partial charge on any atom is -0.484 e. The molecule has 0 unspecified atom stereocenters. The molecule has 0 radical (unpaired) electrons. The van der Waals surface area contributed by atoms with Crippen LogP contribution in [0.1, 0.15) is 35.0 Å². The Kier molecular flexibility index (Phi) is 6.05. The summed E-state index contributed by atoms with van der Waals surface area (Å²) in [4.78, 5) is 21.1. The highest BCUT2D eigenvalue weighted by molar-refractivity contribution is 6.05. The van der Waals surface area contributed by atoms with Crippen molar-refractivity contribution in [3.8, 4) is 5.75 Å². The number of pyridine rings is 2. The molecule has 0 fully saturated rings. The molecule has 0 atom stereocenters. The van der Waals surface area contributed by atoms with Gasteiger partial charge in [-0.1, -0.05) is 6.92 Å². The highest BCUT2D eigenvalue weighted by Crippen LogP contribution is 2.25. The number of carbonyl (C=O) groups is 1. The second-order valence-electron chi connectivity index (χ2n) is 6.58. The number of halogens is 3. The summed E-state index contributed by atoms with van der Waals surface area (Å²) in [5, 5.41) is 2.83. The molecule has 0 spiro atoms. The molecule has 0 aliphatic heterocycles. The molecule has 0 aliphatic carbocycles. The van der Waals surface area contributed by atoms with E-state index >= 15 is 0 Å². The molecule has 29 heavy (non-hydrogen) atoms. The van der Waals surface area contributed by atoms with Crippen molar-refractivity contribution in [3.63, 3.8) is 0 Å². The number of nitrogens with one attached hydrogen (secondary N) is 1. The van der Waals surface area contributed by atoms with Crippen molar-refractivity contribution in [1.82, 2.24) is 19.9 Å². The molecular formula is C20H21F3N4O2. The van der Waals surface area contributed by atoms with Crippen LogP contribution in [0.2, 0.25) is 0 Å². The minimum absolute atomic E-state index is 0.128. The van der Waals surface area contributed by atoms with E-state index in [2.05, 4.69) is 15.3 Å². The maximum absolute atomic E-state index is 12.5. The summed E-state index contributed by atoms with van der Waals surface area (Å²) in [6.07, 6.45) is 1.10. The van der Waals surface area contributed by atoms with Crippen molar-refractivity contribution < 1.29 is 22.7 Å². The maximum Gasteiger partial charge on any atom is 0.422 e.